The molecule has 2 aliphatic heterocycles. The molecule has 5 rings (SSSR count). The molecule has 2 aromatic carbocycles. The summed E-state index contributed by atoms with van der Waals surface area (Å²) in [5.41, 5.74) is 3.30. The number of aliphatic imine (C=N–C) groups is 1. The molecule has 2 aromatic rings. The molecule has 1 aliphatic carbocycles. The molecule has 0 bridgehead atoms. The van der Waals surface area contributed by atoms with Gasteiger partial charge in [-0.2, -0.15) is 4.99 Å². The molecule has 0 spiro atoms. The number of nitrogens with one attached hydrogen (secondary N) is 1. The van der Waals surface area contributed by atoms with Crippen LogP contribution in [0, 0.1) is 11.7 Å². The van der Waals surface area contributed by atoms with Crippen molar-refractivity contribution in [1.82, 2.24) is 5.32 Å². The van der Waals surface area contributed by atoms with Crippen LogP contribution in [0.3, 0.4) is 0 Å². The van der Waals surface area contributed by atoms with Crippen molar-refractivity contribution < 1.29 is 22.4 Å². The second kappa shape index (κ2) is 11.1. The minimum atomic E-state index is -3.00. The lowest BCUT2D eigenvalue weighted by molar-refractivity contribution is -0.126. The lowest BCUT2D eigenvalue weighted by Gasteiger charge is -2.36. The Morgan fingerprint density at radius 3 is 2.31 bits per heavy atom. The Bertz CT molecular complexity index is 1370. The monoisotopic (exact) mass is 554 g/mol. The number of amidine groups is 1. The van der Waals surface area contributed by atoms with E-state index in [1.807, 2.05) is 26.0 Å². The van der Waals surface area contributed by atoms with E-state index in [4.69, 9.17) is 0 Å². The normalized spacial score (nSPS) is 23.6. The summed E-state index contributed by atoms with van der Waals surface area (Å²) in [5, 5.41) is 3.02. The number of amides is 2. The highest BCUT2D eigenvalue weighted by Crippen LogP contribution is 2.39. The van der Waals surface area contributed by atoms with Gasteiger partial charge in [0.1, 0.15) is 11.7 Å². The van der Waals surface area contributed by atoms with Crippen molar-refractivity contribution in [3.63, 3.8) is 0 Å². The number of carbonyl (C=O) groups is 2. The van der Waals surface area contributed by atoms with Gasteiger partial charge in [0.05, 0.1) is 11.5 Å². The molecule has 0 radical (unpaired) electrons. The minimum Gasteiger partial charge on any atom is -0.369 e. The van der Waals surface area contributed by atoms with Gasteiger partial charge >= 0.3 is 0 Å². The quantitative estimate of drug-likeness (QED) is 0.605. The van der Waals surface area contributed by atoms with Gasteiger partial charge in [0.25, 0.3) is 5.91 Å². The summed E-state index contributed by atoms with van der Waals surface area (Å²) in [6.07, 6.45) is 3.55. The first-order chi connectivity index (χ1) is 18.6. The van der Waals surface area contributed by atoms with Gasteiger partial charge in [0, 0.05) is 54.5 Å². The van der Waals surface area contributed by atoms with Crippen LogP contribution in [0.4, 0.5) is 15.8 Å². The van der Waals surface area contributed by atoms with Crippen molar-refractivity contribution in [3.8, 4) is 0 Å². The molecule has 1 saturated carbocycles. The third kappa shape index (κ3) is 6.16. The van der Waals surface area contributed by atoms with Crippen LogP contribution in [0.5, 0.6) is 0 Å². The van der Waals surface area contributed by atoms with Gasteiger partial charge in [0.15, 0.2) is 9.84 Å². The molecule has 2 amide bonds. The van der Waals surface area contributed by atoms with Gasteiger partial charge in [-0.3, -0.25) is 9.59 Å². The summed E-state index contributed by atoms with van der Waals surface area (Å²) in [6, 6.07) is 11.7. The molecule has 0 aromatic heterocycles. The van der Waals surface area contributed by atoms with E-state index in [-0.39, 0.29) is 35.4 Å². The van der Waals surface area contributed by atoms with Crippen molar-refractivity contribution >= 4 is 38.9 Å². The molecular weight excluding hydrogens is 519 g/mol. The molecule has 10 heteroatoms. The molecule has 1 saturated heterocycles. The summed E-state index contributed by atoms with van der Waals surface area (Å²) in [7, 11) is -3.00. The molecular formula is C29H35FN4O4S. The number of benzene rings is 2. The predicted octanol–water partition coefficient (Wildman–Crippen LogP) is 3.75. The van der Waals surface area contributed by atoms with Gasteiger partial charge in [-0.1, -0.05) is 6.07 Å². The second-order valence-corrected chi connectivity index (χ2v) is 13.3. The van der Waals surface area contributed by atoms with Crippen LogP contribution < -0.4 is 15.1 Å². The third-order valence-corrected chi connectivity index (χ3v) is 9.46. The van der Waals surface area contributed by atoms with E-state index < -0.39 is 21.6 Å². The number of sulfone groups is 1. The largest absolute Gasteiger partial charge is 0.369 e. The highest BCUT2D eigenvalue weighted by Gasteiger charge is 2.37. The molecule has 208 valence electrons. The summed E-state index contributed by atoms with van der Waals surface area (Å²) in [4.78, 5) is 34.4. The molecule has 3 aliphatic rings. The number of rotatable bonds is 5. The van der Waals surface area contributed by atoms with Gasteiger partial charge in [-0.05, 0) is 81.5 Å². The Morgan fingerprint density at radius 2 is 1.67 bits per heavy atom. The highest BCUT2D eigenvalue weighted by atomic mass is 32.2. The first-order valence-electron chi connectivity index (χ1n) is 13.6. The van der Waals surface area contributed by atoms with Gasteiger partial charge in [0.2, 0.25) is 5.91 Å². The van der Waals surface area contributed by atoms with Gasteiger partial charge in [-0.15, -0.1) is 0 Å². The van der Waals surface area contributed by atoms with E-state index in [0.29, 0.717) is 30.9 Å². The van der Waals surface area contributed by atoms with E-state index >= 15 is 0 Å². The molecule has 0 unspecified atom stereocenters. The number of anilines is 2. The van der Waals surface area contributed by atoms with Crippen molar-refractivity contribution in [2.45, 2.75) is 58.0 Å². The summed E-state index contributed by atoms with van der Waals surface area (Å²) in [6.45, 7) is 4.81. The van der Waals surface area contributed by atoms with E-state index in [1.165, 1.54) is 24.3 Å². The van der Waals surface area contributed by atoms with E-state index in [9.17, 15) is 22.4 Å². The van der Waals surface area contributed by atoms with Crippen LogP contribution in [-0.4, -0.2) is 62.7 Å². The molecule has 0 atom stereocenters. The van der Waals surface area contributed by atoms with Gasteiger partial charge < -0.3 is 15.1 Å². The van der Waals surface area contributed by atoms with Crippen LogP contribution in [0.15, 0.2) is 47.5 Å². The van der Waals surface area contributed by atoms with Crippen molar-refractivity contribution in [3.05, 3.63) is 59.4 Å². The highest BCUT2D eigenvalue weighted by molar-refractivity contribution is 7.91. The van der Waals surface area contributed by atoms with Crippen LogP contribution in [0.1, 0.15) is 55.5 Å². The van der Waals surface area contributed by atoms with Crippen LogP contribution in [0.25, 0.3) is 0 Å². The van der Waals surface area contributed by atoms with E-state index in [0.717, 1.165) is 42.6 Å². The zero-order valence-electron chi connectivity index (χ0n) is 22.4. The topological polar surface area (TPSA) is 99.2 Å². The first-order valence-corrected chi connectivity index (χ1v) is 15.5. The number of fused-ring (bicyclic) bond motifs is 1. The maximum absolute atomic E-state index is 13.4. The average molecular weight is 555 g/mol. The Balaban J connectivity index is 1.42. The first kappa shape index (κ1) is 27.3. The Morgan fingerprint density at radius 1 is 1.00 bits per heavy atom. The Kier molecular flexibility index (Phi) is 7.75. The van der Waals surface area contributed by atoms with Crippen LogP contribution >= 0.6 is 0 Å². The maximum atomic E-state index is 13.4. The van der Waals surface area contributed by atoms with E-state index in [1.54, 1.807) is 0 Å². The number of carbonyl (C=O) groups excluding carboxylic acids is 2. The SMILES string of the molecule is CC(C)NC(=O)C1CCC(N2C(=NC(=O)c3ccc(F)cc3)Cc3ccc(N4CCS(=O)(=O)CC4)cc32)CC1. The maximum Gasteiger partial charge on any atom is 0.278 e. The Hall–Kier alpha value is -3.27. The summed E-state index contributed by atoms with van der Waals surface area (Å²) < 4.78 is 37.3. The molecule has 1 N–H and O–H groups in total. The van der Waals surface area contributed by atoms with Crippen molar-refractivity contribution in [2.24, 2.45) is 10.9 Å². The van der Waals surface area contributed by atoms with Crippen LogP contribution in [0.2, 0.25) is 0 Å². The van der Waals surface area contributed by atoms with E-state index in [2.05, 4.69) is 26.2 Å². The molecule has 2 fully saturated rings. The lowest BCUT2D eigenvalue weighted by atomic mass is 9.84. The zero-order valence-corrected chi connectivity index (χ0v) is 23.2. The fraction of sp³-hybridized carbons (Fsp3) is 0.483. The average Bonchev–Trinajstić information content (AvgIpc) is 3.25. The Labute approximate surface area is 229 Å². The number of halogens is 1. The fourth-order valence-corrected chi connectivity index (χ4v) is 6.96. The summed E-state index contributed by atoms with van der Waals surface area (Å²) in [5.74, 6) is 0.138. The lowest BCUT2D eigenvalue weighted by Crippen LogP contribution is -2.44. The predicted molar refractivity (Wildman–Crippen MR) is 151 cm³/mol. The van der Waals surface area contributed by atoms with Gasteiger partial charge in [-0.25, -0.2) is 12.8 Å². The second-order valence-electron chi connectivity index (χ2n) is 11.0. The van der Waals surface area contributed by atoms with Crippen molar-refractivity contribution in [2.75, 3.05) is 34.4 Å². The van der Waals surface area contributed by atoms with Crippen LogP contribution in [-0.2, 0) is 21.1 Å². The molecule has 39 heavy (non-hydrogen) atoms. The molecule has 2 heterocycles. The zero-order chi connectivity index (χ0) is 27.7. The number of hydrogen-bond acceptors (Lipinski definition) is 5. The minimum absolute atomic E-state index is 0.0337. The summed E-state index contributed by atoms with van der Waals surface area (Å²) >= 11 is 0. The molecule has 8 nitrogen and oxygen atoms in total. The number of nitrogens with zero attached hydrogens (tertiary/aromatic N) is 3. The third-order valence-electron chi connectivity index (χ3n) is 7.85. The standard InChI is InChI=1S/C29H35FN4O4S/c1-19(2)31-28(35)21-5-10-24(11-6-21)34-26-18-25(33-13-15-39(37,38)16-14-33)12-7-22(26)17-27(34)32-29(36)20-3-8-23(30)9-4-20/h3-4,7-9,12,18-19,21,24H,5-6,10-11,13-17H2,1-2H3,(H,31,35). The smallest absolute Gasteiger partial charge is 0.278 e. The van der Waals surface area contributed by atoms with Crippen molar-refractivity contribution in [1.29, 1.82) is 0 Å². The fourth-order valence-electron chi connectivity index (χ4n) is 5.76. The number of hydrogen-bond donors (Lipinski definition) is 1.